The SMILES string of the molecule is O=C(CN1CCOCC1)C1C[C@H](c2c(F)c(F)cc(F)c2F)CN1. The Morgan fingerprint density at radius 1 is 1.17 bits per heavy atom. The first-order valence-electron chi connectivity index (χ1n) is 7.86. The molecule has 0 radical (unpaired) electrons. The molecule has 132 valence electrons. The molecule has 0 aromatic heterocycles. The van der Waals surface area contributed by atoms with Gasteiger partial charge >= 0.3 is 0 Å². The molecule has 8 heteroatoms. The van der Waals surface area contributed by atoms with E-state index < -0.39 is 40.8 Å². The van der Waals surface area contributed by atoms with Crippen LogP contribution in [0.3, 0.4) is 0 Å². The molecule has 2 atom stereocenters. The number of Topliss-reactive ketones (excluding diaryl/α,β-unsaturated/α-hetero) is 1. The summed E-state index contributed by atoms with van der Waals surface area (Å²) in [5.41, 5.74) is -0.623. The Morgan fingerprint density at radius 3 is 2.42 bits per heavy atom. The van der Waals surface area contributed by atoms with Crippen molar-refractivity contribution in [3.8, 4) is 0 Å². The van der Waals surface area contributed by atoms with Gasteiger partial charge in [-0.3, -0.25) is 9.69 Å². The van der Waals surface area contributed by atoms with E-state index in [9.17, 15) is 22.4 Å². The summed E-state index contributed by atoms with van der Waals surface area (Å²) >= 11 is 0. The number of halogens is 4. The van der Waals surface area contributed by atoms with E-state index in [2.05, 4.69) is 5.32 Å². The zero-order valence-electron chi connectivity index (χ0n) is 13.0. The third-order valence-corrected chi connectivity index (χ3v) is 4.56. The first kappa shape index (κ1) is 17.3. The smallest absolute Gasteiger partial charge is 0.165 e. The molecule has 2 fully saturated rings. The van der Waals surface area contributed by atoms with Gasteiger partial charge in [-0.15, -0.1) is 0 Å². The Labute approximate surface area is 136 Å². The number of rotatable bonds is 4. The van der Waals surface area contributed by atoms with Crippen LogP contribution in [0.25, 0.3) is 0 Å². The fraction of sp³-hybridized carbons (Fsp3) is 0.562. The number of carbonyl (C=O) groups is 1. The molecule has 4 nitrogen and oxygen atoms in total. The normalized spacial score (nSPS) is 25.2. The lowest BCUT2D eigenvalue weighted by molar-refractivity contribution is -0.122. The number of nitrogens with one attached hydrogen (secondary N) is 1. The van der Waals surface area contributed by atoms with Crippen molar-refractivity contribution in [2.45, 2.75) is 18.4 Å². The van der Waals surface area contributed by atoms with E-state index in [1.165, 1.54) is 0 Å². The van der Waals surface area contributed by atoms with Crippen LogP contribution >= 0.6 is 0 Å². The van der Waals surface area contributed by atoms with E-state index >= 15 is 0 Å². The largest absolute Gasteiger partial charge is 0.379 e. The molecule has 0 aliphatic carbocycles. The standard InChI is InChI=1S/C16H18F4N2O2/c17-10-6-11(18)16(20)14(15(10)19)9-5-12(21-7-9)13(23)8-22-1-3-24-4-2-22/h6,9,12,21H,1-5,7-8H2/t9-,12?/m0/s1. The molecule has 0 spiro atoms. The zero-order chi connectivity index (χ0) is 17.3. The molecule has 24 heavy (non-hydrogen) atoms. The van der Waals surface area contributed by atoms with Crippen LogP contribution in [0.15, 0.2) is 6.07 Å². The Kier molecular flexibility index (Phi) is 5.17. The van der Waals surface area contributed by atoms with Crippen LogP contribution in [-0.2, 0) is 9.53 Å². The molecule has 2 saturated heterocycles. The number of morpholine rings is 1. The average molecular weight is 346 g/mol. The van der Waals surface area contributed by atoms with Crippen LogP contribution in [0.5, 0.6) is 0 Å². The van der Waals surface area contributed by atoms with Gasteiger partial charge in [-0.25, -0.2) is 17.6 Å². The summed E-state index contributed by atoms with van der Waals surface area (Å²) in [6.45, 7) is 2.74. The predicted molar refractivity (Wildman–Crippen MR) is 77.7 cm³/mol. The number of ketones is 1. The number of nitrogens with zero attached hydrogens (tertiary/aromatic N) is 1. The highest BCUT2D eigenvalue weighted by Gasteiger charge is 2.35. The predicted octanol–water partition coefficient (Wildman–Crippen LogP) is 1.59. The van der Waals surface area contributed by atoms with E-state index in [-0.39, 0.29) is 31.4 Å². The van der Waals surface area contributed by atoms with Crippen LogP contribution in [-0.4, -0.2) is 56.1 Å². The van der Waals surface area contributed by atoms with Crippen molar-refractivity contribution in [1.29, 1.82) is 0 Å². The molecular weight excluding hydrogens is 328 g/mol. The number of ether oxygens (including phenoxy) is 1. The highest BCUT2D eigenvalue weighted by Crippen LogP contribution is 2.32. The van der Waals surface area contributed by atoms with Gasteiger partial charge in [0.2, 0.25) is 0 Å². The van der Waals surface area contributed by atoms with Gasteiger partial charge in [0.1, 0.15) is 0 Å². The summed E-state index contributed by atoms with van der Waals surface area (Å²) in [6.07, 6.45) is 0.111. The minimum absolute atomic E-state index is 0.0935. The van der Waals surface area contributed by atoms with E-state index in [0.717, 1.165) is 0 Å². The van der Waals surface area contributed by atoms with Crippen molar-refractivity contribution >= 4 is 5.78 Å². The van der Waals surface area contributed by atoms with E-state index in [4.69, 9.17) is 4.74 Å². The van der Waals surface area contributed by atoms with Crippen molar-refractivity contribution in [3.63, 3.8) is 0 Å². The summed E-state index contributed by atoms with van der Waals surface area (Å²) < 4.78 is 59.7. The third-order valence-electron chi connectivity index (χ3n) is 4.56. The second-order valence-corrected chi connectivity index (χ2v) is 6.13. The van der Waals surface area contributed by atoms with Crippen molar-refractivity contribution in [3.05, 3.63) is 34.9 Å². The monoisotopic (exact) mass is 346 g/mol. The minimum atomic E-state index is -1.42. The Bertz CT molecular complexity index is 609. The topological polar surface area (TPSA) is 41.6 Å². The summed E-state index contributed by atoms with van der Waals surface area (Å²) in [6, 6.07) is -0.389. The molecule has 0 saturated carbocycles. The molecule has 0 bridgehead atoms. The van der Waals surface area contributed by atoms with Crippen LogP contribution in [0.4, 0.5) is 17.6 Å². The molecule has 1 unspecified atom stereocenters. The quantitative estimate of drug-likeness (QED) is 0.664. The lowest BCUT2D eigenvalue weighted by atomic mass is 9.93. The third kappa shape index (κ3) is 3.45. The van der Waals surface area contributed by atoms with Crippen molar-refractivity contribution in [1.82, 2.24) is 10.2 Å². The second-order valence-electron chi connectivity index (χ2n) is 6.13. The first-order chi connectivity index (χ1) is 11.5. The molecule has 2 heterocycles. The van der Waals surface area contributed by atoms with Gasteiger partial charge < -0.3 is 10.1 Å². The Balaban J connectivity index is 1.68. The highest BCUT2D eigenvalue weighted by atomic mass is 19.2. The van der Waals surface area contributed by atoms with Gasteiger partial charge in [0, 0.05) is 37.2 Å². The second kappa shape index (κ2) is 7.16. The fourth-order valence-corrected chi connectivity index (χ4v) is 3.24. The molecule has 1 aromatic rings. The average Bonchev–Trinajstić information content (AvgIpc) is 3.04. The Morgan fingerprint density at radius 2 is 1.79 bits per heavy atom. The van der Waals surface area contributed by atoms with Gasteiger partial charge in [0.15, 0.2) is 29.1 Å². The van der Waals surface area contributed by atoms with Crippen molar-refractivity contribution in [2.24, 2.45) is 0 Å². The van der Waals surface area contributed by atoms with Crippen LogP contribution in [0, 0.1) is 23.3 Å². The maximum Gasteiger partial charge on any atom is 0.165 e. The van der Waals surface area contributed by atoms with E-state index in [1.807, 2.05) is 4.90 Å². The van der Waals surface area contributed by atoms with Gasteiger partial charge in [-0.05, 0) is 6.42 Å². The van der Waals surface area contributed by atoms with Gasteiger partial charge in [0.25, 0.3) is 0 Å². The van der Waals surface area contributed by atoms with Gasteiger partial charge in [0.05, 0.1) is 25.8 Å². The maximum atomic E-state index is 13.9. The number of benzene rings is 1. The number of hydrogen-bond donors (Lipinski definition) is 1. The molecule has 3 rings (SSSR count). The lowest BCUT2D eigenvalue weighted by Crippen LogP contribution is -2.44. The molecule has 1 N–H and O–H groups in total. The first-order valence-corrected chi connectivity index (χ1v) is 7.86. The summed E-state index contributed by atoms with van der Waals surface area (Å²) in [5.74, 6) is -6.51. The Hall–Kier alpha value is -1.51. The van der Waals surface area contributed by atoms with Crippen LogP contribution in [0.2, 0.25) is 0 Å². The molecule has 2 aliphatic rings. The lowest BCUT2D eigenvalue weighted by Gasteiger charge is -2.26. The maximum absolute atomic E-state index is 13.9. The zero-order valence-corrected chi connectivity index (χ0v) is 13.0. The summed E-state index contributed by atoms with van der Waals surface area (Å²) in [4.78, 5) is 14.3. The minimum Gasteiger partial charge on any atom is -0.379 e. The highest BCUT2D eigenvalue weighted by molar-refractivity contribution is 5.86. The molecule has 1 aromatic carbocycles. The van der Waals surface area contributed by atoms with E-state index in [0.29, 0.717) is 26.3 Å². The van der Waals surface area contributed by atoms with Crippen LogP contribution < -0.4 is 5.32 Å². The van der Waals surface area contributed by atoms with E-state index in [1.54, 1.807) is 0 Å². The van der Waals surface area contributed by atoms with Crippen LogP contribution in [0.1, 0.15) is 17.9 Å². The summed E-state index contributed by atoms with van der Waals surface area (Å²) in [7, 11) is 0. The van der Waals surface area contributed by atoms with Crippen molar-refractivity contribution in [2.75, 3.05) is 39.4 Å². The molecule has 0 amide bonds. The fourth-order valence-electron chi connectivity index (χ4n) is 3.24. The number of hydrogen-bond acceptors (Lipinski definition) is 4. The van der Waals surface area contributed by atoms with Crippen molar-refractivity contribution < 1.29 is 27.1 Å². The molecule has 2 aliphatic heterocycles. The summed E-state index contributed by atoms with van der Waals surface area (Å²) in [5, 5.41) is 2.90. The van der Waals surface area contributed by atoms with Gasteiger partial charge in [-0.1, -0.05) is 0 Å². The van der Waals surface area contributed by atoms with Gasteiger partial charge in [-0.2, -0.15) is 0 Å². The molecular formula is C16H18F4N2O2. The number of carbonyl (C=O) groups excluding carboxylic acids is 1.